The summed E-state index contributed by atoms with van der Waals surface area (Å²) >= 11 is 0. The predicted molar refractivity (Wildman–Crippen MR) is 74.7 cm³/mol. The minimum absolute atomic E-state index is 0.0871. The minimum Gasteiger partial charge on any atom is -0.410 e. The van der Waals surface area contributed by atoms with Crippen molar-refractivity contribution in [2.24, 2.45) is 0 Å². The molecule has 2 rings (SSSR count). The summed E-state index contributed by atoms with van der Waals surface area (Å²) in [7, 11) is -1.07. The van der Waals surface area contributed by atoms with Gasteiger partial charge in [-0.05, 0) is 24.2 Å². The molecule has 0 spiro atoms. The summed E-state index contributed by atoms with van der Waals surface area (Å²) < 4.78 is 6.16. The maximum atomic E-state index is 6.16. The van der Waals surface area contributed by atoms with E-state index < -0.39 is 9.04 Å². The Hall–Kier alpha value is -1.38. The van der Waals surface area contributed by atoms with Crippen molar-refractivity contribution in [2.45, 2.75) is 19.2 Å². The topological polar surface area (TPSA) is 9.23 Å². The fourth-order valence-corrected chi connectivity index (χ4v) is 2.74. The highest BCUT2D eigenvalue weighted by Crippen LogP contribution is 2.26. The Morgan fingerprint density at radius 1 is 0.765 bits per heavy atom. The van der Waals surface area contributed by atoms with E-state index in [1.54, 1.807) is 0 Å². The second-order valence-electron chi connectivity index (χ2n) is 4.39. The first-order valence-corrected chi connectivity index (χ1v) is 8.81. The van der Waals surface area contributed by atoms with Gasteiger partial charge in [0.2, 0.25) is 0 Å². The van der Waals surface area contributed by atoms with Crippen molar-refractivity contribution in [1.82, 2.24) is 0 Å². The molecule has 2 aromatic rings. The molecule has 0 N–H and O–H groups in total. The van der Waals surface area contributed by atoms with Gasteiger partial charge in [-0.1, -0.05) is 60.7 Å². The van der Waals surface area contributed by atoms with E-state index in [-0.39, 0.29) is 6.10 Å². The molecule has 0 saturated heterocycles. The molecular weight excluding hydrogens is 224 g/mol. The zero-order valence-electron chi connectivity index (χ0n) is 10.3. The largest absolute Gasteiger partial charge is 0.410 e. The van der Waals surface area contributed by atoms with Gasteiger partial charge in [0.15, 0.2) is 9.04 Å². The summed E-state index contributed by atoms with van der Waals surface area (Å²) in [5.41, 5.74) is 2.47. The van der Waals surface area contributed by atoms with Gasteiger partial charge in [-0.3, -0.25) is 0 Å². The molecule has 0 aliphatic carbocycles. The Bertz CT molecular complexity index is 399. The van der Waals surface area contributed by atoms with Crippen LogP contribution in [0.25, 0.3) is 0 Å². The van der Waals surface area contributed by atoms with E-state index in [9.17, 15) is 0 Å². The Morgan fingerprint density at radius 2 is 1.18 bits per heavy atom. The van der Waals surface area contributed by atoms with Gasteiger partial charge in [-0.15, -0.1) is 0 Å². The average Bonchev–Trinajstić information content (AvgIpc) is 2.38. The van der Waals surface area contributed by atoms with Gasteiger partial charge < -0.3 is 4.43 Å². The standard InChI is InChI=1S/C15H18OSi/c1-17(2)16-15(13-9-5-3-6-10-13)14-11-7-4-8-12-14/h3-12,15,17H,1-2H3. The fraction of sp³-hybridized carbons (Fsp3) is 0.200. The molecule has 0 aliphatic heterocycles. The molecule has 0 heterocycles. The summed E-state index contributed by atoms with van der Waals surface area (Å²) in [4.78, 5) is 0. The normalized spacial score (nSPS) is 11.1. The first-order valence-electron chi connectivity index (χ1n) is 6.02. The molecule has 88 valence electrons. The molecule has 0 atom stereocenters. The number of benzene rings is 2. The van der Waals surface area contributed by atoms with Crippen LogP contribution >= 0.6 is 0 Å². The van der Waals surface area contributed by atoms with E-state index in [1.165, 1.54) is 11.1 Å². The van der Waals surface area contributed by atoms with E-state index in [2.05, 4.69) is 61.6 Å². The van der Waals surface area contributed by atoms with Gasteiger partial charge in [-0.2, -0.15) is 0 Å². The van der Waals surface area contributed by atoms with Gasteiger partial charge >= 0.3 is 0 Å². The first kappa shape index (κ1) is 12.1. The summed E-state index contributed by atoms with van der Waals surface area (Å²) in [6.45, 7) is 4.41. The molecule has 0 aliphatic rings. The van der Waals surface area contributed by atoms with Crippen molar-refractivity contribution in [3.63, 3.8) is 0 Å². The molecule has 17 heavy (non-hydrogen) atoms. The lowest BCUT2D eigenvalue weighted by Crippen LogP contribution is -2.15. The lowest BCUT2D eigenvalue weighted by molar-refractivity contribution is 0.252. The highest BCUT2D eigenvalue weighted by molar-refractivity contribution is 6.48. The Kier molecular flexibility index (Phi) is 4.12. The van der Waals surface area contributed by atoms with Crippen LogP contribution in [-0.2, 0) is 4.43 Å². The fourth-order valence-electron chi connectivity index (χ4n) is 1.88. The Morgan fingerprint density at radius 3 is 1.53 bits per heavy atom. The molecule has 1 nitrogen and oxygen atoms in total. The monoisotopic (exact) mass is 242 g/mol. The van der Waals surface area contributed by atoms with Crippen LogP contribution < -0.4 is 0 Å². The van der Waals surface area contributed by atoms with Gasteiger partial charge in [-0.25, -0.2) is 0 Å². The molecule has 2 aromatic carbocycles. The third kappa shape index (κ3) is 3.28. The number of hydrogen-bond acceptors (Lipinski definition) is 1. The lowest BCUT2D eigenvalue weighted by Gasteiger charge is -2.21. The highest BCUT2D eigenvalue weighted by Gasteiger charge is 2.15. The third-order valence-electron chi connectivity index (χ3n) is 2.61. The van der Waals surface area contributed by atoms with Gasteiger partial charge in [0.05, 0.1) is 6.10 Å². The van der Waals surface area contributed by atoms with Crippen molar-refractivity contribution < 1.29 is 4.43 Å². The van der Waals surface area contributed by atoms with Crippen molar-refractivity contribution in [3.05, 3.63) is 71.8 Å². The number of rotatable bonds is 4. The van der Waals surface area contributed by atoms with Crippen molar-refractivity contribution in [2.75, 3.05) is 0 Å². The maximum Gasteiger partial charge on any atom is 0.172 e. The summed E-state index contributed by atoms with van der Waals surface area (Å²) in [5, 5.41) is 0. The average molecular weight is 242 g/mol. The van der Waals surface area contributed by atoms with Crippen LogP contribution in [0.2, 0.25) is 13.1 Å². The Labute approximate surface area is 105 Å². The van der Waals surface area contributed by atoms with E-state index in [0.29, 0.717) is 0 Å². The van der Waals surface area contributed by atoms with Gasteiger partial charge in [0, 0.05) is 0 Å². The molecule has 0 saturated carbocycles. The van der Waals surface area contributed by atoms with Crippen molar-refractivity contribution >= 4 is 9.04 Å². The Balaban J connectivity index is 2.32. The zero-order valence-corrected chi connectivity index (χ0v) is 11.5. The van der Waals surface area contributed by atoms with Crippen LogP contribution in [0, 0.1) is 0 Å². The molecule has 0 fully saturated rings. The molecule has 0 unspecified atom stereocenters. The van der Waals surface area contributed by atoms with Crippen molar-refractivity contribution in [3.8, 4) is 0 Å². The zero-order chi connectivity index (χ0) is 12.1. The lowest BCUT2D eigenvalue weighted by atomic mass is 10.0. The van der Waals surface area contributed by atoms with E-state index in [4.69, 9.17) is 4.43 Å². The molecule has 0 radical (unpaired) electrons. The summed E-state index contributed by atoms with van der Waals surface area (Å²) in [6.07, 6.45) is 0.0871. The number of hydrogen-bond donors (Lipinski definition) is 0. The van der Waals surface area contributed by atoms with E-state index in [1.807, 2.05) is 12.1 Å². The van der Waals surface area contributed by atoms with Crippen LogP contribution in [0.5, 0.6) is 0 Å². The minimum atomic E-state index is -1.07. The van der Waals surface area contributed by atoms with Crippen LogP contribution in [-0.4, -0.2) is 9.04 Å². The van der Waals surface area contributed by atoms with Gasteiger partial charge in [0.25, 0.3) is 0 Å². The van der Waals surface area contributed by atoms with Crippen LogP contribution in [0.3, 0.4) is 0 Å². The molecule has 2 heteroatoms. The molecular formula is C15H18OSi. The van der Waals surface area contributed by atoms with Crippen LogP contribution in [0.1, 0.15) is 17.2 Å². The maximum absolute atomic E-state index is 6.16. The molecule has 0 aromatic heterocycles. The predicted octanol–water partition coefficient (Wildman–Crippen LogP) is 3.78. The van der Waals surface area contributed by atoms with E-state index in [0.717, 1.165) is 0 Å². The second kappa shape index (κ2) is 5.80. The third-order valence-corrected chi connectivity index (χ3v) is 3.43. The van der Waals surface area contributed by atoms with E-state index >= 15 is 0 Å². The highest BCUT2D eigenvalue weighted by atomic mass is 28.3. The SMILES string of the molecule is C[SiH](C)OC(c1ccccc1)c1ccccc1. The van der Waals surface area contributed by atoms with Crippen LogP contribution in [0.15, 0.2) is 60.7 Å². The smallest absolute Gasteiger partial charge is 0.172 e. The second-order valence-corrected chi connectivity index (χ2v) is 6.76. The van der Waals surface area contributed by atoms with Gasteiger partial charge in [0.1, 0.15) is 0 Å². The van der Waals surface area contributed by atoms with Crippen LogP contribution in [0.4, 0.5) is 0 Å². The van der Waals surface area contributed by atoms with Crippen molar-refractivity contribution in [1.29, 1.82) is 0 Å². The quantitative estimate of drug-likeness (QED) is 0.741. The molecule has 0 bridgehead atoms. The summed E-state index contributed by atoms with van der Waals surface area (Å²) in [5.74, 6) is 0. The molecule has 0 amide bonds. The summed E-state index contributed by atoms with van der Waals surface area (Å²) in [6, 6.07) is 20.9. The first-order chi connectivity index (χ1) is 8.27.